The zero-order valence-corrected chi connectivity index (χ0v) is 19.7. The van der Waals surface area contributed by atoms with E-state index in [1.54, 1.807) is 49.4 Å². The Balaban J connectivity index is 1.86. The van der Waals surface area contributed by atoms with Crippen LogP contribution < -0.4 is 10.1 Å². The van der Waals surface area contributed by atoms with Crippen molar-refractivity contribution >= 4 is 46.7 Å². The van der Waals surface area contributed by atoms with Crippen LogP contribution in [0.25, 0.3) is 0 Å². The van der Waals surface area contributed by atoms with Gasteiger partial charge in [0, 0.05) is 26.2 Å². The first-order chi connectivity index (χ1) is 15.8. The number of nitrogens with one attached hydrogen (secondary N) is 1. The summed E-state index contributed by atoms with van der Waals surface area (Å²) in [7, 11) is 0. The molecular weight excluding hydrogens is 492 g/mol. The van der Waals surface area contributed by atoms with Crippen LogP contribution in [0.2, 0.25) is 15.1 Å². The normalized spacial score (nSPS) is 11.5. The van der Waals surface area contributed by atoms with Crippen LogP contribution in [0.4, 0.5) is 4.39 Å². The van der Waals surface area contributed by atoms with Crippen molar-refractivity contribution in [2.24, 2.45) is 0 Å². The molecule has 0 aliphatic carbocycles. The Morgan fingerprint density at radius 3 is 2.30 bits per heavy atom. The molecule has 0 aliphatic heterocycles. The molecule has 3 rings (SSSR count). The number of halogens is 4. The van der Waals surface area contributed by atoms with Gasteiger partial charge in [-0.1, -0.05) is 53.0 Å². The lowest BCUT2D eigenvalue weighted by atomic mass is 10.0. The number of esters is 1. The predicted molar refractivity (Wildman–Crippen MR) is 126 cm³/mol. The Morgan fingerprint density at radius 2 is 1.67 bits per heavy atom. The van der Waals surface area contributed by atoms with Gasteiger partial charge in [-0.2, -0.15) is 0 Å². The molecule has 0 bridgehead atoms. The maximum atomic E-state index is 14.9. The van der Waals surface area contributed by atoms with Crippen LogP contribution in [-0.4, -0.2) is 25.0 Å². The highest BCUT2D eigenvalue weighted by atomic mass is 35.5. The van der Waals surface area contributed by atoms with Gasteiger partial charge in [0.1, 0.15) is 6.54 Å². The number of hydrogen-bond donors (Lipinski definition) is 1. The van der Waals surface area contributed by atoms with Crippen molar-refractivity contribution in [2.45, 2.75) is 13.0 Å². The van der Waals surface area contributed by atoms with E-state index in [1.165, 1.54) is 12.1 Å². The van der Waals surface area contributed by atoms with Crippen molar-refractivity contribution in [3.8, 4) is 5.75 Å². The highest BCUT2D eigenvalue weighted by molar-refractivity contribution is 6.35. The summed E-state index contributed by atoms with van der Waals surface area (Å²) in [4.78, 5) is 23.6. The lowest BCUT2D eigenvalue weighted by Gasteiger charge is -2.22. The standard InChI is InChI=1S/C24H19Cl3FNO4/c1-2-32-22(30)13-29-24(31)15-5-10-21(20(28)11-15)33-23(14-3-6-16(25)7-4-14)18-9-8-17(26)12-19(18)27/h3-12,23H,2,13H2,1H3,(H,29,31). The van der Waals surface area contributed by atoms with Crippen molar-refractivity contribution < 1.29 is 23.5 Å². The van der Waals surface area contributed by atoms with Gasteiger partial charge in [0.15, 0.2) is 17.7 Å². The molecule has 0 aromatic heterocycles. The number of hydrogen-bond acceptors (Lipinski definition) is 4. The van der Waals surface area contributed by atoms with Crippen LogP contribution in [0.3, 0.4) is 0 Å². The number of ether oxygens (including phenoxy) is 2. The molecule has 0 fully saturated rings. The average molecular weight is 511 g/mol. The van der Waals surface area contributed by atoms with E-state index in [2.05, 4.69) is 5.32 Å². The predicted octanol–water partition coefficient (Wildman–Crippen LogP) is 6.25. The minimum absolute atomic E-state index is 0.0247. The van der Waals surface area contributed by atoms with Crippen LogP contribution in [0, 0.1) is 5.82 Å². The Labute approximate surface area is 205 Å². The summed E-state index contributed by atoms with van der Waals surface area (Å²) in [5.41, 5.74) is 1.27. The average Bonchev–Trinajstić information content (AvgIpc) is 2.78. The SMILES string of the molecule is CCOC(=O)CNC(=O)c1ccc(OC(c2ccc(Cl)cc2)c2ccc(Cl)cc2Cl)c(F)c1. The third kappa shape index (κ3) is 6.60. The minimum Gasteiger partial charge on any atom is -0.478 e. The van der Waals surface area contributed by atoms with Gasteiger partial charge in [0.25, 0.3) is 5.91 Å². The molecule has 1 unspecified atom stereocenters. The Kier molecular flexibility index (Phi) is 8.55. The molecule has 0 heterocycles. The van der Waals surface area contributed by atoms with E-state index in [0.29, 0.717) is 26.2 Å². The third-order valence-electron chi connectivity index (χ3n) is 4.56. The molecule has 0 spiro atoms. The molecular formula is C24H19Cl3FNO4. The monoisotopic (exact) mass is 509 g/mol. The van der Waals surface area contributed by atoms with Crippen LogP contribution in [-0.2, 0) is 9.53 Å². The lowest BCUT2D eigenvalue weighted by molar-refractivity contribution is -0.141. The van der Waals surface area contributed by atoms with Gasteiger partial charge in [-0.3, -0.25) is 9.59 Å². The van der Waals surface area contributed by atoms with Crippen molar-refractivity contribution in [1.29, 1.82) is 0 Å². The summed E-state index contributed by atoms with van der Waals surface area (Å²) in [6.45, 7) is 1.53. The molecule has 0 saturated carbocycles. The number of benzene rings is 3. The molecule has 1 atom stereocenters. The summed E-state index contributed by atoms with van der Waals surface area (Å²) < 4.78 is 25.6. The Hall–Kier alpha value is -2.80. The number of amides is 1. The fraction of sp³-hybridized carbons (Fsp3) is 0.167. The minimum atomic E-state index is -0.773. The van der Waals surface area contributed by atoms with Gasteiger partial charge < -0.3 is 14.8 Å². The van der Waals surface area contributed by atoms with E-state index in [4.69, 9.17) is 44.3 Å². The molecule has 9 heteroatoms. The third-order valence-corrected chi connectivity index (χ3v) is 5.37. The van der Waals surface area contributed by atoms with Crippen LogP contribution in [0.5, 0.6) is 5.75 Å². The van der Waals surface area contributed by atoms with E-state index >= 15 is 0 Å². The summed E-state index contributed by atoms with van der Waals surface area (Å²) >= 11 is 18.4. The van der Waals surface area contributed by atoms with Crippen molar-refractivity contribution in [3.63, 3.8) is 0 Å². The zero-order chi connectivity index (χ0) is 24.0. The van der Waals surface area contributed by atoms with Gasteiger partial charge in [0.05, 0.1) is 6.61 Å². The summed E-state index contributed by atoms with van der Waals surface area (Å²) in [6, 6.07) is 15.5. The molecule has 5 nitrogen and oxygen atoms in total. The topological polar surface area (TPSA) is 64.6 Å². The molecule has 3 aromatic rings. The van der Waals surface area contributed by atoms with E-state index in [0.717, 1.165) is 6.07 Å². The van der Waals surface area contributed by atoms with E-state index in [1.807, 2.05) is 0 Å². The van der Waals surface area contributed by atoms with Gasteiger partial charge in [-0.25, -0.2) is 4.39 Å². The molecule has 33 heavy (non-hydrogen) atoms. The first-order valence-corrected chi connectivity index (χ1v) is 11.0. The summed E-state index contributed by atoms with van der Waals surface area (Å²) in [5, 5.41) is 3.70. The largest absolute Gasteiger partial charge is 0.478 e. The van der Waals surface area contributed by atoms with Gasteiger partial charge >= 0.3 is 5.97 Å². The number of carbonyl (C=O) groups excluding carboxylic acids is 2. The van der Waals surface area contributed by atoms with Crippen molar-refractivity contribution in [2.75, 3.05) is 13.2 Å². The quantitative estimate of drug-likeness (QED) is 0.364. The van der Waals surface area contributed by atoms with Crippen molar-refractivity contribution in [1.82, 2.24) is 5.32 Å². The first-order valence-electron chi connectivity index (χ1n) is 9.89. The van der Waals surface area contributed by atoms with Crippen molar-refractivity contribution in [3.05, 3.63) is 98.2 Å². The van der Waals surface area contributed by atoms with Gasteiger partial charge in [0.2, 0.25) is 0 Å². The zero-order valence-electron chi connectivity index (χ0n) is 17.4. The van der Waals surface area contributed by atoms with Crippen LogP contribution >= 0.6 is 34.8 Å². The molecule has 172 valence electrons. The number of carbonyl (C=O) groups is 2. The highest BCUT2D eigenvalue weighted by Gasteiger charge is 2.22. The second kappa shape index (κ2) is 11.4. The smallest absolute Gasteiger partial charge is 0.325 e. The molecule has 1 amide bonds. The fourth-order valence-electron chi connectivity index (χ4n) is 2.99. The Morgan fingerprint density at radius 1 is 0.970 bits per heavy atom. The fourth-order valence-corrected chi connectivity index (χ4v) is 3.63. The van der Waals surface area contributed by atoms with E-state index < -0.39 is 23.8 Å². The highest BCUT2D eigenvalue weighted by Crippen LogP contribution is 2.35. The molecule has 1 N–H and O–H groups in total. The molecule has 3 aromatic carbocycles. The van der Waals surface area contributed by atoms with Gasteiger partial charge in [-0.05, 0) is 55.0 Å². The Bertz CT molecular complexity index is 1150. The summed E-state index contributed by atoms with van der Waals surface area (Å²) in [6.07, 6.45) is -0.773. The number of rotatable bonds is 8. The summed E-state index contributed by atoms with van der Waals surface area (Å²) in [5.74, 6) is -2.06. The lowest BCUT2D eigenvalue weighted by Crippen LogP contribution is -2.30. The first kappa shape index (κ1) is 24.8. The second-order valence-electron chi connectivity index (χ2n) is 6.85. The van der Waals surface area contributed by atoms with Crippen LogP contribution in [0.15, 0.2) is 60.7 Å². The van der Waals surface area contributed by atoms with E-state index in [-0.39, 0.29) is 24.5 Å². The molecule has 0 aliphatic rings. The maximum absolute atomic E-state index is 14.9. The van der Waals surface area contributed by atoms with Crippen LogP contribution in [0.1, 0.15) is 34.5 Å². The second-order valence-corrected chi connectivity index (χ2v) is 8.13. The molecule has 0 radical (unpaired) electrons. The maximum Gasteiger partial charge on any atom is 0.325 e. The molecule has 0 saturated heterocycles. The van der Waals surface area contributed by atoms with Gasteiger partial charge in [-0.15, -0.1) is 0 Å². The van der Waals surface area contributed by atoms with E-state index in [9.17, 15) is 14.0 Å².